The summed E-state index contributed by atoms with van der Waals surface area (Å²) in [5.41, 5.74) is 8.90. The van der Waals surface area contributed by atoms with Crippen LogP contribution in [0.2, 0.25) is 0 Å². The van der Waals surface area contributed by atoms with Gasteiger partial charge in [0, 0.05) is 18.8 Å². The SMILES string of the molecule is CCc1ccn2cc(CCN)nc2c1. The van der Waals surface area contributed by atoms with Crippen molar-refractivity contribution in [1.29, 1.82) is 0 Å². The first-order chi connectivity index (χ1) is 6.83. The van der Waals surface area contributed by atoms with Crippen LogP contribution in [-0.4, -0.2) is 15.9 Å². The quantitative estimate of drug-likeness (QED) is 0.793. The number of nitrogens with two attached hydrogens (primary N) is 1. The third-order valence-electron chi connectivity index (χ3n) is 2.38. The molecule has 0 aliphatic heterocycles. The molecule has 2 aromatic rings. The van der Waals surface area contributed by atoms with Crippen molar-refractivity contribution in [2.45, 2.75) is 19.8 Å². The second-order valence-corrected chi connectivity index (χ2v) is 3.42. The Balaban J connectivity index is 2.43. The number of hydrogen-bond acceptors (Lipinski definition) is 2. The van der Waals surface area contributed by atoms with Gasteiger partial charge in [0.25, 0.3) is 0 Å². The molecule has 0 atom stereocenters. The van der Waals surface area contributed by atoms with E-state index in [9.17, 15) is 0 Å². The first-order valence-electron chi connectivity index (χ1n) is 5.00. The fourth-order valence-electron chi connectivity index (χ4n) is 1.56. The van der Waals surface area contributed by atoms with Crippen molar-refractivity contribution < 1.29 is 0 Å². The molecular weight excluding hydrogens is 174 g/mol. The normalized spacial score (nSPS) is 11.0. The molecule has 2 rings (SSSR count). The van der Waals surface area contributed by atoms with Crippen LogP contribution in [0.1, 0.15) is 18.2 Å². The Morgan fingerprint density at radius 3 is 3.07 bits per heavy atom. The number of rotatable bonds is 3. The zero-order chi connectivity index (χ0) is 9.97. The molecule has 0 spiro atoms. The van der Waals surface area contributed by atoms with Gasteiger partial charge >= 0.3 is 0 Å². The maximum absolute atomic E-state index is 5.49. The minimum atomic E-state index is 0.657. The number of aryl methyl sites for hydroxylation is 1. The van der Waals surface area contributed by atoms with Crippen LogP contribution in [0.3, 0.4) is 0 Å². The van der Waals surface area contributed by atoms with E-state index in [1.54, 1.807) is 0 Å². The Labute approximate surface area is 83.6 Å². The highest BCUT2D eigenvalue weighted by atomic mass is 15.0. The van der Waals surface area contributed by atoms with E-state index in [1.807, 2.05) is 10.6 Å². The lowest BCUT2D eigenvalue weighted by Crippen LogP contribution is -2.02. The molecule has 0 saturated heterocycles. The van der Waals surface area contributed by atoms with Gasteiger partial charge in [-0.15, -0.1) is 0 Å². The maximum atomic E-state index is 5.49. The summed E-state index contributed by atoms with van der Waals surface area (Å²) in [5, 5.41) is 0. The maximum Gasteiger partial charge on any atom is 0.137 e. The van der Waals surface area contributed by atoms with Crippen LogP contribution in [0.25, 0.3) is 5.65 Å². The van der Waals surface area contributed by atoms with Crippen LogP contribution in [0, 0.1) is 0 Å². The zero-order valence-corrected chi connectivity index (χ0v) is 8.40. The second kappa shape index (κ2) is 3.80. The Kier molecular flexibility index (Phi) is 2.50. The molecular formula is C11H15N3. The van der Waals surface area contributed by atoms with Crippen molar-refractivity contribution in [3.63, 3.8) is 0 Å². The van der Waals surface area contributed by atoms with Gasteiger partial charge in [0.2, 0.25) is 0 Å². The average Bonchev–Trinajstić information content (AvgIpc) is 2.59. The Bertz CT molecular complexity index is 431. The average molecular weight is 189 g/mol. The number of imidazole rings is 1. The highest BCUT2D eigenvalue weighted by molar-refractivity contribution is 5.43. The lowest BCUT2D eigenvalue weighted by molar-refractivity contribution is 0.937. The molecule has 3 nitrogen and oxygen atoms in total. The summed E-state index contributed by atoms with van der Waals surface area (Å²) in [6.07, 6.45) is 6.00. The topological polar surface area (TPSA) is 43.3 Å². The van der Waals surface area contributed by atoms with Crippen LogP contribution in [0.15, 0.2) is 24.5 Å². The smallest absolute Gasteiger partial charge is 0.137 e. The van der Waals surface area contributed by atoms with Crippen molar-refractivity contribution in [2.24, 2.45) is 5.73 Å². The second-order valence-electron chi connectivity index (χ2n) is 3.42. The van der Waals surface area contributed by atoms with E-state index >= 15 is 0 Å². The van der Waals surface area contributed by atoms with Gasteiger partial charge in [-0.2, -0.15) is 0 Å². The van der Waals surface area contributed by atoms with E-state index in [0.29, 0.717) is 6.54 Å². The van der Waals surface area contributed by atoms with Crippen LogP contribution in [-0.2, 0) is 12.8 Å². The van der Waals surface area contributed by atoms with Crippen LogP contribution < -0.4 is 5.73 Å². The Hall–Kier alpha value is -1.35. The van der Waals surface area contributed by atoms with Gasteiger partial charge in [-0.3, -0.25) is 0 Å². The van der Waals surface area contributed by atoms with Crippen LogP contribution >= 0.6 is 0 Å². The number of nitrogens with zero attached hydrogens (tertiary/aromatic N) is 2. The summed E-state index contributed by atoms with van der Waals surface area (Å²) in [6, 6.07) is 4.25. The number of hydrogen-bond donors (Lipinski definition) is 1. The molecule has 74 valence electrons. The van der Waals surface area contributed by atoms with Crippen molar-refractivity contribution in [1.82, 2.24) is 9.38 Å². The molecule has 0 unspecified atom stereocenters. The number of aromatic nitrogens is 2. The monoisotopic (exact) mass is 189 g/mol. The van der Waals surface area contributed by atoms with E-state index < -0.39 is 0 Å². The Morgan fingerprint density at radius 2 is 2.36 bits per heavy atom. The van der Waals surface area contributed by atoms with E-state index in [0.717, 1.165) is 24.2 Å². The van der Waals surface area contributed by atoms with Gasteiger partial charge in [-0.05, 0) is 30.7 Å². The molecule has 0 saturated carbocycles. The highest BCUT2D eigenvalue weighted by Crippen LogP contribution is 2.08. The fourth-order valence-corrected chi connectivity index (χ4v) is 1.56. The number of fused-ring (bicyclic) bond motifs is 1. The largest absolute Gasteiger partial charge is 0.330 e. The molecule has 3 heteroatoms. The van der Waals surface area contributed by atoms with E-state index in [-0.39, 0.29) is 0 Å². The number of pyridine rings is 1. The molecule has 0 aliphatic carbocycles. The predicted octanol–water partition coefficient (Wildman–Crippen LogP) is 1.40. The summed E-state index contributed by atoms with van der Waals surface area (Å²) in [6.45, 7) is 2.81. The molecule has 0 bridgehead atoms. The summed E-state index contributed by atoms with van der Waals surface area (Å²) in [4.78, 5) is 4.49. The van der Waals surface area contributed by atoms with Crippen molar-refractivity contribution >= 4 is 5.65 Å². The molecule has 2 heterocycles. The summed E-state index contributed by atoms with van der Waals surface area (Å²) in [5.74, 6) is 0. The molecule has 0 aliphatic rings. The lowest BCUT2D eigenvalue weighted by Gasteiger charge is -1.96. The molecule has 0 fully saturated rings. The van der Waals surface area contributed by atoms with Gasteiger partial charge in [0.05, 0.1) is 5.69 Å². The Morgan fingerprint density at radius 1 is 1.50 bits per heavy atom. The van der Waals surface area contributed by atoms with E-state index in [1.165, 1.54) is 5.56 Å². The minimum Gasteiger partial charge on any atom is -0.330 e. The molecule has 0 radical (unpaired) electrons. The predicted molar refractivity (Wildman–Crippen MR) is 57.3 cm³/mol. The molecule has 2 aromatic heterocycles. The van der Waals surface area contributed by atoms with Crippen molar-refractivity contribution in [3.05, 3.63) is 35.8 Å². The highest BCUT2D eigenvalue weighted by Gasteiger charge is 2.00. The van der Waals surface area contributed by atoms with Crippen molar-refractivity contribution in [3.8, 4) is 0 Å². The fraction of sp³-hybridized carbons (Fsp3) is 0.364. The van der Waals surface area contributed by atoms with E-state index in [2.05, 4.69) is 30.2 Å². The lowest BCUT2D eigenvalue weighted by atomic mass is 10.2. The molecule has 2 N–H and O–H groups in total. The summed E-state index contributed by atoms with van der Waals surface area (Å²) < 4.78 is 2.05. The third-order valence-corrected chi connectivity index (χ3v) is 2.38. The molecule has 14 heavy (non-hydrogen) atoms. The standard InChI is InChI=1S/C11H15N3/c1-2-9-4-6-14-8-10(3-5-12)13-11(14)7-9/h4,6-8H,2-3,5,12H2,1H3. The molecule has 0 aromatic carbocycles. The van der Waals surface area contributed by atoms with Gasteiger partial charge in [0.1, 0.15) is 5.65 Å². The summed E-state index contributed by atoms with van der Waals surface area (Å²) >= 11 is 0. The zero-order valence-electron chi connectivity index (χ0n) is 8.40. The first kappa shape index (κ1) is 9.21. The van der Waals surface area contributed by atoms with Crippen LogP contribution in [0.5, 0.6) is 0 Å². The third kappa shape index (κ3) is 1.63. The van der Waals surface area contributed by atoms with Gasteiger partial charge in [-0.25, -0.2) is 4.98 Å². The molecule has 0 amide bonds. The van der Waals surface area contributed by atoms with Gasteiger partial charge in [0.15, 0.2) is 0 Å². The summed E-state index contributed by atoms with van der Waals surface area (Å²) in [7, 11) is 0. The first-order valence-corrected chi connectivity index (χ1v) is 5.00. The minimum absolute atomic E-state index is 0.657. The van der Waals surface area contributed by atoms with Crippen LogP contribution in [0.4, 0.5) is 0 Å². The van der Waals surface area contributed by atoms with E-state index in [4.69, 9.17) is 5.73 Å². The van der Waals surface area contributed by atoms with Gasteiger partial charge < -0.3 is 10.1 Å². The van der Waals surface area contributed by atoms with Crippen molar-refractivity contribution in [2.75, 3.05) is 6.54 Å². The van der Waals surface area contributed by atoms with Gasteiger partial charge in [-0.1, -0.05) is 6.92 Å².